The second kappa shape index (κ2) is 27.2. The van der Waals surface area contributed by atoms with E-state index in [4.69, 9.17) is 5.73 Å². The Labute approximate surface area is 205 Å². The molecule has 0 saturated heterocycles. The van der Waals surface area contributed by atoms with Gasteiger partial charge < -0.3 is 5.73 Å². The summed E-state index contributed by atoms with van der Waals surface area (Å²) in [6, 6.07) is 0.466. The van der Waals surface area contributed by atoms with Gasteiger partial charge in [-0.2, -0.15) is 0 Å². The van der Waals surface area contributed by atoms with Crippen LogP contribution in [0.2, 0.25) is 0 Å². The minimum Gasteiger partial charge on any atom is -0.328 e. The highest BCUT2D eigenvalue weighted by Crippen LogP contribution is 2.16. The van der Waals surface area contributed by atoms with E-state index in [1.165, 1.54) is 167 Å². The van der Waals surface area contributed by atoms with Gasteiger partial charge in [-0.3, -0.25) is 0 Å². The topological polar surface area (TPSA) is 26.0 Å². The Hall–Kier alpha value is -0.0400. The summed E-state index contributed by atoms with van der Waals surface area (Å²) in [6.07, 6.45) is 37.0. The van der Waals surface area contributed by atoms with Crippen LogP contribution in [0.15, 0.2) is 0 Å². The van der Waals surface area contributed by atoms with E-state index in [2.05, 4.69) is 20.8 Å². The average molecular weight is 452 g/mol. The molecule has 1 heteroatoms. The third kappa shape index (κ3) is 28.0. The average Bonchev–Trinajstić information content (AvgIpc) is 2.77. The minimum absolute atomic E-state index is 0.466. The van der Waals surface area contributed by atoms with Gasteiger partial charge in [0, 0.05) is 6.04 Å². The van der Waals surface area contributed by atoms with E-state index < -0.39 is 0 Å². The molecular weight excluding hydrogens is 386 g/mol. The maximum absolute atomic E-state index is 6.35. The summed E-state index contributed by atoms with van der Waals surface area (Å²) >= 11 is 0. The van der Waals surface area contributed by atoms with Crippen molar-refractivity contribution in [2.75, 3.05) is 0 Å². The Kier molecular flexibility index (Phi) is 27.2. The second-order valence-corrected chi connectivity index (χ2v) is 11.3. The zero-order valence-electron chi connectivity index (χ0n) is 23.1. The Bertz CT molecular complexity index is 324. The van der Waals surface area contributed by atoms with Crippen molar-refractivity contribution in [3.8, 4) is 0 Å². The van der Waals surface area contributed by atoms with E-state index in [0.29, 0.717) is 6.04 Å². The Morgan fingerprint density at radius 1 is 0.375 bits per heavy atom. The lowest BCUT2D eigenvalue weighted by Gasteiger charge is -2.11. The predicted octanol–water partition coefficient (Wildman–Crippen LogP) is 11.1. The first kappa shape index (κ1) is 32.0. The molecule has 1 nitrogen and oxygen atoms in total. The third-order valence-electron chi connectivity index (χ3n) is 7.28. The highest BCUT2D eigenvalue weighted by molar-refractivity contribution is 4.62. The molecule has 0 aromatic heterocycles. The summed E-state index contributed by atoms with van der Waals surface area (Å²) < 4.78 is 0. The molecule has 0 saturated carbocycles. The molecule has 0 aromatic carbocycles. The standard InChI is InChI=1S/C31H65N/c1-4-5-6-7-8-9-10-13-16-19-22-25-28-31(32)29-26-23-20-17-14-11-12-15-18-21-24-27-30(2)3/h30-31H,4-29,32H2,1-3H3. The van der Waals surface area contributed by atoms with Crippen LogP contribution in [0, 0.1) is 5.92 Å². The fourth-order valence-electron chi connectivity index (χ4n) is 4.94. The van der Waals surface area contributed by atoms with E-state index in [9.17, 15) is 0 Å². The Balaban J connectivity index is 3.14. The SMILES string of the molecule is CCCCCCCCCCCCCCC(N)CCCCCCCCCCCCCC(C)C. The van der Waals surface area contributed by atoms with E-state index in [1.807, 2.05) is 0 Å². The fraction of sp³-hybridized carbons (Fsp3) is 1.00. The van der Waals surface area contributed by atoms with Crippen molar-refractivity contribution in [3.05, 3.63) is 0 Å². The van der Waals surface area contributed by atoms with Crippen molar-refractivity contribution in [2.24, 2.45) is 11.7 Å². The van der Waals surface area contributed by atoms with Crippen molar-refractivity contribution >= 4 is 0 Å². The molecule has 2 N–H and O–H groups in total. The predicted molar refractivity (Wildman–Crippen MR) is 149 cm³/mol. The van der Waals surface area contributed by atoms with E-state index >= 15 is 0 Å². The van der Waals surface area contributed by atoms with Gasteiger partial charge in [0.15, 0.2) is 0 Å². The summed E-state index contributed by atoms with van der Waals surface area (Å²) in [7, 11) is 0. The second-order valence-electron chi connectivity index (χ2n) is 11.3. The molecule has 0 heterocycles. The minimum atomic E-state index is 0.466. The third-order valence-corrected chi connectivity index (χ3v) is 7.28. The first-order valence-electron chi connectivity index (χ1n) is 15.4. The fourth-order valence-corrected chi connectivity index (χ4v) is 4.94. The van der Waals surface area contributed by atoms with Crippen LogP contribution in [0.3, 0.4) is 0 Å². The lowest BCUT2D eigenvalue weighted by molar-refractivity contribution is 0.476. The molecule has 1 unspecified atom stereocenters. The lowest BCUT2D eigenvalue weighted by atomic mass is 10.00. The van der Waals surface area contributed by atoms with Crippen LogP contribution in [0.25, 0.3) is 0 Å². The van der Waals surface area contributed by atoms with Gasteiger partial charge in [0.25, 0.3) is 0 Å². The summed E-state index contributed by atoms with van der Waals surface area (Å²) in [5.41, 5.74) is 6.35. The molecule has 0 radical (unpaired) electrons. The maximum Gasteiger partial charge on any atom is 0.00388 e. The summed E-state index contributed by atoms with van der Waals surface area (Å²) in [6.45, 7) is 6.98. The van der Waals surface area contributed by atoms with E-state index in [-0.39, 0.29) is 0 Å². The number of unbranched alkanes of at least 4 members (excludes halogenated alkanes) is 21. The highest BCUT2D eigenvalue weighted by Gasteiger charge is 2.02. The summed E-state index contributed by atoms with van der Waals surface area (Å²) in [5, 5.41) is 0. The quantitative estimate of drug-likeness (QED) is 0.123. The molecule has 32 heavy (non-hydrogen) atoms. The molecular formula is C31H65N. The van der Waals surface area contributed by atoms with Crippen LogP contribution in [0.5, 0.6) is 0 Å². The van der Waals surface area contributed by atoms with Crippen LogP contribution in [0.1, 0.15) is 188 Å². The smallest absolute Gasteiger partial charge is 0.00388 e. The molecule has 1 atom stereocenters. The number of rotatable bonds is 27. The largest absolute Gasteiger partial charge is 0.328 e. The molecule has 0 fully saturated rings. The highest BCUT2D eigenvalue weighted by atomic mass is 14.6. The van der Waals surface area contributed by atoms with Crippen molar-refractivity contribution < 1.29 is 0 Å². The molecule has 0 spiro atoms. The number of hydrogen-bond donors (Lipinski definition) is 1. The molecule has 0 aromatic rings. The Morgan fingerprint density at radius 2 is 0.625 bits per heavy atom. The van der Waals surface area contributed by atoms with Gasteiger partial charge >= 0.3 is 0 Å². The monoisotopic (exact) mass is 452 g/mol. The van der Waals surface area contributed by atoms with Crippen molar-refractivity contribution in [2.45, 2.75) is 194 Å². The molecule has 0 rings (SSSR count). The zero-order valence-corrected chi connectivity index (χ0v) is 23.1. The number of nitrogens with two attached hydrogens (primary N) is 1. The van der Waals surface area contributed by atoms with Gasteiger partial charge in [0.05, 0.1) is 0 Å². The lowest BCUT2D eigenvalue weighted by Crippen LogP contribution is -2.19. The van der Waals surface area contributed by atoms with Crippen molar-refractivity contribution in [1.29, 1.82) is 0 Å². The molecule has 0 aliphatic carbocycles. The molecule has 0 aliphatic rings. The number of hydrogen-bond acceptors (Lipinski definition) is 1. The van der Waals surface area contributed by atoms with Gasteiger partial charge in [0.2, 0.25) is 0 Å². The van der Waals surface area contributed by atoms with E-state index in [1.54, 1.807) is 0 Å². The summed E-state index contributed by atoms with van der Waals surface area (Å²) in [5.74, 6) is 0.888. The van der Waals surface area contributed by atoms with Gasteiger partial charge in [-0.25, -0.2) is 0 Å². The van der Waals surface area contributed by atoms with Gasteiger partial charge in [0.1, 0.15) is 0 Å². The molecule has 0 bridgehead atoms. The van der Waals surface area contributed by atoms with Crippen molar-refractivity contribution in [3.63, 3.8) is 0 Å². The maximum atomic E-state index is 6.35. The van der Waals surface area contributed by atoms with E-state index in [0.717, 1.165) is 5.92 Å². The molecule has 0 aliphatic heterocycles. The molecule has 194 valence electrons. The van der Waals surface area contributed by atoms with Gasteiger partial charge in [-0.1, -0.05) is 175 Å². The van der Waals surface area contributed by atoms with Crippen LogP contribution in [-0.4, -0.2) is 6.04 Å². The van der Waals surface area contributed by atoms with Gasteiger partial charge in [-0.05, 0) is 18.8 Å². The van der Waals surface area contributed by atoms with Crippen molar-refractivity contribution in [1.82, 2.24) is 0 Å². The van der Waals surface area contributed by atoms with Crippen LogP contribution >= 0.6 is 0 Å². The Morgan fingerprint density at radius 3 is 0.906 bits per heavy atom. The van der Waals surface area contributed by atoms with Crippen LogP contribution < -0.4 is 5.73 Å². The first-order valence-corrected chi connectivity index (χ1v) is 15.4. The van der Waals surface area contributed by atoms with Gasteiger partial charge in [-0.15, -0.1) is 0 Å². The zero-order chi connectivity index (χ0) is 23.5. The van der Waals surface area contributed by atoms with Crippen LogP contribution in [-0.2, 0) is 0 Å². The first-order chi connectivity index (χ1) is 15.7. The summed E-state index contributed by atoms with van der Waals surface area (Å²) in [4.78, 5) is 0. The molecule has 0 amide bonds. The normalized spacial score (nSPS) is 12.7. The van der Waals surface area contributed by atoms with Crippen LogP contribution in [0.4, 0.5) is 0 Å².